The standard InChI is InChI=1S/C13H23N3O/c1-5-7-15-13(9-17-10(2)3)12-6-8-14-11(4)16-12/h6,8,10,13,15H,5,7,9H2,1-4H3. The van der Waals surface area contributed by atoms with Crippen molar-refractivity contribution >= 4 is 0 Å². The summed E-state index contributed by atoms with van der Waals surface area (Å²) in [6.45, 7) is 9.76. The Hall–Kier alpha value is -1.00. The fourth-order valence-corrected chi connectivity index (χ4v) is 1.52. The smallest absolute Gasteiger partial charge is 0.125 e. The van der Waals surface area contributed by atoms with E-state index in [-0.39, 0.29) is 12.1 Å². The molecule has 1 atom stereocenters. The SMILES string of the molecule is CCCNC(COC(C)C)c1ccnc(C)n1. The van der Waals surface area contributed by atoms with Crippen LogP contribution >= 0.6 is 0 Å². The number of nitrogens with one attached hydrogen (secondary N) is 1. The summed E-state index contributed by atoms with van der Waals surface area (Å²) in [6.07, 6.45) is 3.14. The van der Waals surface area contributed by atoms with E-state index < -0.39 is 0 Å². The second kappa shape index (κ2) is 7.35. The molecule has 1 aromatic rings. The van der Waals surface area contributed by atoms with Gasteiger partial charge in [0.1, 0.15) is 5.82 Å². The monoisotopic (exact) mass is 237 g/mol. The van der Waals surface area contributed by atoms with Crippen LogP contribution in [0.3, 0.4) is 0 Å². The zero-order chi connectivity index (χ0) is 12.7. The first-order valence-electron chi connectivity index (χ1n) is 6.28. The van der Waals surface area contributed by atoms with Gasteiger partial charge in [0, 0.05) is 6.20 Å². The Morgan fingerprint density at radius 2 is 2.18 bits per heavy atom. The number of rotatable bonds is 7. The number of hydrogen-bond acceptors (Lipinski definition) is 4. The molecule has 0 saturated heterocycles. The third kappa shape index (κ3) is 5.24. The van der Waals surface area contributed by atoms with Crippen molar-refractivity contribution in [1.82, 2.24) is 15.3 Å². The first-order valence-corrected chi connectivity index (χ1v) is 6.28. The lowest BCUT2D eigenvalue weighted by molar-refractivity contribution is 0.0603. The second-order valence-corrected chi connectivity index (χ2v) is 4.42. The average Bonchev–Trinajstić information content (AvgIpc) is 2.29. The summed E-state index contributed by atoms with van der Waals surface area (Å²) in [5, 5.41) is 3.45. The molecule has 0 saturated carbocycles. The van der Waals surface area contributed by atoms with Crippen molar-refractivity contribution in [1.29, 1.82) is 0 Å². The summed E-state index contributed by atoms with van der Waals surface area (Å²) in [6, 6.07) is 2.10. The molecule has 1 heterocycles. The van der Waals surface area contributed by atoms with Crippen LogP contribution in [-0.4, -0.2) is 29.2 Å². The van der Waals surface area contributed by atoms with Gasteiger partial charge in [-0.2, -0.15) is 0 Å². The Morgan fingerprint density at radius 3 is 2.76 bits per heavy atom. The van der Waals surface area contributed by atoms with E-state index in [1.165, 1.54) is 0 Å². The van der Waals surface area contributed by atoms with Crippen molar-refractivity contribution in [2.24, 2.45) is 0 Å². The Balaban J connectivity index is 2.67. The Labute approximate surface area is 104 Å². The minimum absolute atomic E-state index is 0.152. The van der Waals surface area contributed by atoms with E-state index in [4.69, 9.17) is 4.74 Å². The number of ether oxygens (including phenoxy) is 1. The zero-order valence-electron chi connectivity index (χ0n) is 11.2. The average molecular weight is 237 g/mol. The van der Waals surface area contributed by atoms with E-state index in [0.29, 0.717) is 6.61 Å². The molecule has 0 radical (unpaired) electrons. The molecule has 1 unspecified atom stereocenters. The van der Waals surface area contributed by atoms with E-state index in [1.54, 1.807) is 6.20 Å². The van der Waals surface area contributed by atoms with E-state index in [9.17, 15) is 0 Å². The van der Waals surface area contributed by atoms with Gasteiger partial charge in [0.25, 0.3) is 0 Å². The molecule has 0 aliphatic heterocycles. The molecule has 0 amide bonds. The summed E-state index contributed by atoms with van der Waals surface area (Å²) in [7, 11) is 0. The van der Waals surface area contributed by atoms with Crippen molar-refractivity contribution in [3.8, 4) is 0 Å². The quantitative estimate of drug-likeness (QED) is 0.790. The van der Waals surface area contributed by atoms with Crippen molar-refractivity contribution in [3.05, 3.63) is 23.8 Å². The largest absolute Gasteiger partial charge is 0.377 e. The highest BCUT2D eigenvalue weighted by Crippen LogP contribution is 2.11. The molecule has 96 valence electrons. The van der Waals surface area contributed by atoms with Crippen LogP contribution in [0.2, 0.25) is 0 Å². The van der Waals surface area contributed by atoms with Crippen LogP contribution in [0.25, 0.3) is 0 Å². The molecule has 0 aliphatic carbocycles. The summed E-state index contributed by atoms with van der Waals surface area (Å²) >= 11 is 0. The molecule has 1 N–H and O–H groups in total. The van der Waals surface area contributed by atoms with Crippen LogP contribution in [0.15, 0.2) is 12.3 Å². The van der Waals surface area contributed by atoms with Crippen molar-refractivity contribution in [2.45, 2.75) is 46.3 Å². The van der Waals surface area contributed by atoms with Gasteiger partial charge < -0.3 is 10.1 Å². The van der Waals surface area contributed by atoms with Gasteiger partial charge >= 0.3 is 0 Å². The van der Waals surface area contributed by atoms with Crippen LogP contribution in [0, 0.1) is 6.92 Å². The van der Waals surface area contributed by atoms with Gasteiger partial charge in [-0.1, -0.05) is 6.92 Å². The van der Waals surface area contributed by atoms with E-state index >= 15 is 0 Å². The van der Waals surface area contributed by atoms with Crippen LogP contribution in [0.4, 0.5) is 0 Å². The lowest BCUT2D eigenvalue weighted by Crippen LogP contribution is -2.28. The molecule has 4 nitrogen and oxygen atoms in total. The van der Waals surface area contributed by atoms with Gasteiger partial charge in [-0.05, 0) is 39.8 Å². The molecule has 0 fully saturated rings. The van der Waals surface area contributed by atoms with Gasteiger partial charge in [0.15, 0.2) is 0 Å². The third-order valence-corrected chi connectivity index (χ3v) is 2.39. The zero-order valence-corrected chi connectivity index (χ0v) is 11.2. The summed E-state index contributed by atoms with van der Waals surface area (Å²) < 4.78 is 5.67. The van der Waals surface area contributed by atoms with Crippen LogP contribution < -0.4 is 5.32 Å². The lowest BCUT2D eigenvalue weighted by Gasteiger charge is -2.19. The van der Waals surface area contributed by atoms with Gasteiger partial charge in [-0.3, -0.25) is 0 Å². The first-order chi connectivity index (χ1) is 8.13. The van der Waals surface area contributed by atoms with Gasteiger partial charge in [0.05, 0.1) is 24.4 Å². The van der Waals surface area contributed by atoms with E-state index in [2.05, 4.69) is 22.2 Å². The summed E-state index contributed by atoms with van der Waals surface area (Å²) in [5.74, 6) is 0.801. The maximum Gasteiger partial charge on any atom is 0.125 e. The van der Waals surface area contributed by atoms with Crippen LogP contribution in [-0.2, 0) is 4.74 Å². The second-order valence-electron chi connectivity index (χ2n) is 4.42. The minimum Gasteiger partial charge on any atom is -0.377 e. The molecule has 4 heteroatoms. The van der Waals surface area contributed by atoms with Crippen molar-refractivity contribution in [3.63, 3.8) is 0 Å². The maximum atomic E-state index is 5.67. The Kier molecular flexibility index (Phi) is 6.08. The minimum atomic E-state index is 0.152. The number of hydrogen-bond donors (Lipinski definition) is 1. The number of nitrogens with zero attached hydrogens (tertiary/aromatic N) is 2. The third-order valence-electron chi connectivity index (χ3n) is 2.39. The van der Waals surface area contributed by atoms with E-state index in [0.717, 1.165) is 24.5 Å². The normalized spacial score (nSPS) is 13.0. The van der Waals surface area contributed by atoms with Gasteiger partial charge in [-0.15, -0.1) is 0 Å². The highest BCUT2D eigenvalue weighted by atomic mass is 16.5. The van der Waals surface area contributed by atoms with Crippen LogP contribution in [0.5, 0.6) is 0 Å². The molecule has 0 aliphatic rings. The number of aryl methyl sites for hydroxylation is 1. The highest BCUT2D eigenvalue weighted by Gasteiger charge is 2.13. The fourth-order valence-electron chi connectivity index (χ4n) is 1.52. The highest BCUT2D eigenvalue weighted by molar-refractivity contribution is 5.07. The van der Waals surface area contributed by atoms with Gasteiger partial charge in [0.2, 0.25) is 0 Å². The molecule has 17 heavy (non-hydrogen) atoms. The van der Waals surface area contributed by atoms with Gasteiger partial charge in [-0.25, -0.2) is 9.97 Å². The molecule has 1 aromatic heterocycles. The Bertz CT molecular complexity index is 328. The molecule has 0 bridgehead atoms. The summed E-state index contributed by atoms with van der Waals surface area (Å²) in [4.78, 5) is 8.57. The van der Waals surface area contributed by atoms with Crippen LogP contribution in [0.1, 0.15) is 44.8 Å². The molecule has 0 spiro atoms. The molecular formula is C13H23N3O. The first kappa shape index (κ1) is 14.1. The summed E-state index contributed by atoms with van der Waals surface area (Å²) in [5.41, 5.74) is 1.01. The number of aromatic nitrogens is 2. The van der Waals surface area contributed by atoms with E-state index in [1.807, 2.05) is 26.8 Å². The topological polar surface area (TPSA) is 47.0 Å². The lowest BCUT2D eigenvalue weighted by atomic mass is 10.2. The Morgan fingerprint density at radius 1 is 1.41 bits per heavy atom. The van der Waals surface area contributed by atoms with Crippen molar-refractivity contribution < 1.29 is 4.74 Å². The molecule has 0 aromatic carbocycles. The predicted molar refractivity (Wildman–Crippen MR) is 68.9 cm³/mol. The predicted octanol–water partition coefficient (Wildman–Crippen LogP) is 2.25. The molecular weight excluding hydrogens is 214 g/mol. The fraction of sp³-hybridized carbons (Fsp3) is 0.692. The maximum absolute atomic E-state index is 5.67. The van der Waals surface area contributed by atoms with Crippen molar-refractivity contribution in [2.75, 3.05) is 13.2 Å². The molecule has 1 rings (SSSR count).